The van der Waals surface area contributed by atoms with Crippen molar-refractivity contribution in [3.8, 4) is 5.75 Å². The van der Waals surface area contributed by atoms with Crippen LogP contribution >= 0.6 is 0 Å². The number of hydrogen-bond donors (Lipinski definition) is 3. The molecule has 0 unspecified atom stereocenters. The molecule has 9 heteroatoms. The highest BCUT2D eigenvalue weighted by Gasteiger charge is 2.32. The largest absolute Gasteiger partial charge is 0.573 e. The Morgan fingerprint density at radius 1 is 1.24 bits per heavy atom. The smallest absolute Gasteiger partial charge is 0.481 e. The van der Waals surface area contributed by atoms with Crippen molar-refractivity contribution in [1.82, 2.24) is 10.3 Å². The first-order valence-electron chi connectivity index (χ1n) is 7.63. The Morgan fingerprint density at radius 2 is 2.00 bits per heavy atom. The zero-order valence-corrected chi connectivity index (χ0v) is 12.9. The van der Waals surface area contributed by atoms with Crippen molar-refractivity contribution in [2.24, 2.45) is 5.92 Å². The van der Waals surface area contributed by atoms with Crippen LogP contribution in [0.25, 0.3) is 10.9 Å². The maximum Gasteiger partial charge on any atom is 0.573 e. The number of aromatic nitrogens is 1. The van der Waals surface area contributed by atoms with E-state index >= 15 is 0 Å². The molecule has 1 saturated carbocycles. The predicted molar refractivity (Wildman–Crippen MR) is 81.2 cm³/mol. The maximum atomic E-state index is 12.3. The first-order chi connectivity index (χ1) is 11.7. The van der Waals surface area contributed by atoms with E-state index < -0.39 is 24.2 Å². The summed E-state index contributed by atoms with van der Waals surface area (Å²) in [5.41, 5.74) is 0.527. The van der Waals surface area contributed by atoms with Crippen molar-refractivity contribution < 1.29 is 32.6 Å². The van der Waals surface area contributed by atoms with Crippen molar-refractivity contribution in [2.75, 3.05) is 0 Å². The molecule has 0 radical (unpaired) electrons. The van der Waals surface area contributed by atoms with Gasteiger partial charge in [-0.15, -0.1) is 13.2 Å². The molecule has 134 valence electrons. The van der Waals surface area contributed by atoms with Gasteiger partial charge in [0.05, 0.1) is 5.92 Å². The number of fused-ring (bicyclic) bond motifs is 1. The minimum Gasteiger partial charge on any atom is -0.481 e. The number of aliphatic carboxylic acids is 1. The van der Waals surface area contributed by atoms with Crippen LogP contribution in [0.3, 0.4) is 0 Å². The molecular weight excluding hydrogens is 341 g/mol. The average Bonchev–Trinajstić information content (AvgIpc) is 3.11. The van der Waals surface area contributed by atoms with E-state index in [9.17, 15) is 22.8 Å². The van der Waals surface area contributed by atoms with E-state index in [1.165, 1.54) is 18.2 Å². The highest BCUT2D eigenvalue weighted by Crippen LogP contribution is 2.28. The lowest BCUT2D eigenvalue weighted by atomic mass is 10.1. The number of amides is 1. The van der Waals surface area contributed by atoms with Crippen LogP contribution in [0, 0.1) is 5.92 Å². The second kappa shape index (κ2) is 6.30. The standard InChI is InChI=1S/C16H15F3N2O4/c17-16(18,19)25-11-4-2-8-6-13(21-12(8)7-11)14(22)20-10-3-1-9(5-10)15(23)24/h2,4,6-7,9-10,21H,1,3,5H2,(H,20,22)(H,23,24)/t9-,10+/m0/s1. The van der Waals surface area contributed by atoms with Gasteiger partial charge in [0.1, 0.15) is 11.4 Å². The number of halogens is 3. The minimum atomic E-state index is -4.79. The summed E-state index contributed by atoms with van der Waals surface area (Å²) in [5, 5.41) is 12.3. The molecule has 1 aliphatic rings. The molecule has 1 aromatic carbocycles. The molecule has 0 aliphatic heterocycles. The quantitative estimate of drug-likeness (QED) is 0.785. The van der Waals surface area contributed by atoms with Crippen LogP contribution in [0.4, 0.5) is 13.2 Å². The van der Waals surface area contributed by atoms with E-state index in [4.69, 9.17) is 5.11 Å². The molecule has 1 heterocycles. The van der Waals surface area contributed by atoms with Crippen molar-refractivity contribution in [1.29, 1.82) is 0 Å². The molecule has 3 rings (SSSR count). The number of alkyl halides is 3. The third-order valence-electron chi connectivity index (χ3n) is 4.19. The molecular formula is C16H15F3N2O4. The molecule has 1 fully saturated rings. The van der Waals surface area contributed by atoms with Crippen molar-refractivity contribution in [2.45, 2.75) is 31.7 Å². The Morgan fingerprint density at radius 3 is 2.64 bits per heavy atom. The molecule has 0 saturated heterocycles. The van der Waals surface area contributed by atoms with Crippen LogP contribution < -0.4 is 10.1 Å². The molecule has 1 aliphatic carbocycles. The second-order valence-electron chi connectivity index (χ2n) is 6.00. The molecule has 2 atom stereocenters. The molecule has 0 spiro atoms. The molecule has 6 nitrogen and oxygen atoms in total. The summed E-state index contributed by atoms with van der Waals surface area (Å²) in [6.45, 7) is 0. The zero-order valence-electron chi connectivity index (χ0n) is 12.9. The van der Waals surface area contributed by atoms with E-state index in [1.54, 1.807) is 0 Å². The number of aromatic amines is 1. The highest BCUT2D eigenvalue weighted by molar-refractivity contribution is 5.98. The number of carboxylic acids is 1. The van der Waals surface area contributed by atoms with Gasteiger partial charge in [-0.2, -0.15) is 0 Å². The Hall–Kier alpha value is -2.71. The van der Waals surface area contributed by atoms with Gasteiger partial charge in [-0.05, 0) is 37.5 Å². The van der Waals surface area contributed by atoms with Gasteiger partial charge in [0.25, 0.3) is 5.91 Å². The number of hydrogen-bond acceptors (Lipinski definition) is 3. The number of carboxylic acid groups (broad SMARTS) is 1. The summed E-state index contributed by atoms with van der Waals surface area (Å²) < 4.78 is 40.6. The second-order valence-corrected chi connectivity index (χ2v) is 6.00. The topological polar surface area (TPSA) is 91.4 Å². The first kappa shape index (κ1) is 17.1. The molecule has 1 aromatic heterocycles. The van der Waals surface area contributed by atoms with E-state index in [-0.39, 0.29) is 17.5 Å². The summed E-state index contributed by atoms with van der Waals surface area (Å²) in [4.78, 5) is 26.0. The van der Waals surface area contributed by atoms with Gasteiger partial charge >= 0.3 is 12.3 Å². The van der Waals surface area contributed by atoms with E-state index in [2.05, 4.69) is 15.0 Å². The van der Waals surface area contributed by atoms with Crippen LogP contribution in [0.2, 0.25) is 0 Å². The number of carbonyl (C=O) groups is 2. The van der Waals surface area contributed by atoms with E-state index in [0.717, 1.165) is 6.07 Å². The van der Waals surface area contributed by atoms with E-state index in [0.29, 0.717) is 30.2 Å². The van der Waals surface area contributed by atoms with Crippen LogP contribution in [-0.2, 0) is 4.79 Å². The van der Waals surface area contributed by atoms with Crippen LogP contribution in [-0.4, -0.2) is 34.4 Å². The first-order valence-corrected chi connectivity index (χ1v) is 7.63. The summed E-state index contributed by atoms with van der Waals surface area (Å²) in [5.74, 6) is -2.14. The predicted octanol–water partition coefficient (Wildman–Crippen LogP) is 3.05. The van der Waals surface area contributed by atoms with Gasteiger partial charge in [-0.3, -0.25) is 9.59 Å². The number of H-pyrrole nitrogens is 1. The van der Waals surface area contributed by atoms with Gasteiger partial charge < -0.3 is 20.1 Å². The summed E-state index contributed by atoms with van der Waals surface area (Å²) in [6, 6.07) is 5.03. The fourth-order valence-corrected chi connectivity index (χ4v) is 3.03. The highest BCUT2D eigenvalue weighted by atomic mass is 19.4. The monoisotopic (exact) mass is 356 g/mol. The Kier molecular flexibility index (Phi) is 4.32. The Bertz CT molecular complexity index is 815. The lowest BCUT2D eigenvalue weighted by molar-refractivity contribution is -0.274. The van der Waals surface area contributed by atoms with Crippen molar-refractivity contribution in [3.05, 3.63) is 30.0 Å². The van der Waals surface area contributed by atoms with Crippen LogP contribution in [0.1, 0.15) is 29.8 Å². The molecule has 2 aromatic rings. The van der Waals surface area contributed by atoms with Crippen LogP contribution in [0.5, 0.6) is 5.75 Å². The Labute approximate surface area is 140 Å². The number of carbonyl (C=O) groups excluding carboxylic acids is 1. The lowest BCUT2D eigenvalue weighted by Gasteiger charge is -2.11. The van der Waals surface area contributed by atoms with Gasteiger partial charge in [0.15, 0.2) is 0 Å². The summed E-state index contributed by atoms with van der Waals surface area (Å²) in [6.07, 6.45) is -3.34. The van der Waals surface area contributed by atoms with E-state index in [1.807, 2.05) is 0 Å². The molecule has 25 heavy (non-hydrogen) atoms. The average molecular weight is 356 g/mol. The third kappa shape index (κ3) is 4.04. The summed E-state index contributed by atoms with van der Waals surface area (Å²) >= 11 is 0. The van der Waals surface area contributed by atoms with Crippen LogP contribution in [0.15, 0.2) is 24.3 Å². The minimum absolute atomic E-state index is 0.193. The number of benzene rings is 1. The number of rotatable bonds is 4. The van der Waals surface area contributed by atoms with Gasteiger partial charge in [0.2, 0.25) is 0 Å². The summed E-state index contributed by atoms with van der Waals surface area (Å²) in [7, 11) is 0. The maximum absolute atomic E-state index is 12.3. The lowest BCUT2D eigenvalue weighted by Crippen LogP contribution is -2.33. The fourth-order valence-electron chi connectivity index (χ4n) is 3.03. The zero-order chi connectivity index (χ0) is 18.2. The third-order valence-corrected chi connectivity index (χ3v) is 4.19. The van der Waals surface area contributed by atoms with Gasteiger partial charge in [-0.25, -0.2) is 0 Å². The van der Waals surface area contributed by atoms with Crippen molar-refractivity contribution >= 4 is 22.8 Å². The number of ether oxygens (including phenoxy) is 1. The SMILES string of the molecule is O=C(N[C@@H]1CC[C@H](C(=O)O)C1)c1cc2ccc(OC(F)(F)F)cc2[nH]1. The van der Waals surface area contributed by atoms with Gasteiger partial charge in [0, 0.05) is 23.0 Å². The fraction of sp³-hybridized carbons (Fsp3) is 0.375. The van der Waals surface area contributed by atoms with Crippen molar-refractivity contribution in [3.63, 3.8) is 0 Å². The molecule has 0 bridgehead atoms. The molecule has 1 amide bonds. The normalized spacial score (nSPS) is 20.6. The van der Waals surface area contributed by atoms with Gasteiger partial charge in [-0.1, -0.05) is 0 Å². The molecule has 3 N–H and O–H groups in total. The Balaban J connectivity index is 1.71. The number of nitrogens with one attached hydrogen (secondary N) is 2.